The summed E-state index contributed by atoms with van der Waals surface area (Å²) in [5, 5.41) is 4.15. The maximum Gasteiger partial charge on any atom is 0.0366 e. The first-order chi connectivity index (χ1) is 5.29. The van der Waals surface area contributed by atoms with Gasteiger partial charge in [0.25, 0.3) is 0 Å². The summed E-state index contributed by atoms with van der Waals surface area (Å²) in [7, 11) is 0. The fraction of sp³-hybridized carbons (Fsp3) is 0.875. The lowest BCUT2D eigenvalue weighted by Gasteiger charge is -2.06. The minimum atomic E-state index is 0.850. The van der Waals surface area contributed by atoms with Gasteiger partial charge in [-0.3, -0.25) is 0 Å². The minimum Gasteiger partial charge on any atom is -0.310 e. The average Bonchev–Trinajstić information content (AvgIpc) is 2.39. The van der Waals surface area contributed by atoms with Crippen LogP contribution in [0.5, 0.6) is 0 Å². The van der Waals surface area contributed by atoms with Gasteiger partial charge < -0.3 is 5.43 Å². The molecule has 0 saturated carbocycles. The summed E-state index contributed by atoms with van der Waals surface area (Å²) >= 11 is 2.05. The molecule has 2 nitrogen and oxygen atoms in total. The van der Waals surface area contributed by atoms with Gasteiger partial charge in [0, 0.05) is 12.3 Å². The zero-order chi connectivity index (χ0) is 8.10. The molecule has 1 aliphatic rings. The van der Waals surface area contributed by atoms with Crippen LogP contribution in [0.1, 0.15) is 20.3 Å². The molecule has 0 aromatic heterocycles. The molecule has 64 valence electrons. The summed E-state index contributed by atoms with van der Waals surface area (Å²) in [4.78, 5) is 0. The molecule has 0 radical (unpaired) electrons. The van der Waals surface area contributed by atoms with E-state index in [4.69, 9.17) is 0 Å². The zero-order valence-corrected chi connectivity index (χ0v) is 8.08. The smallest absolute Gasteiger partial charge is 0.0366 e. The Morgan fingerprint density at radius 1 is 1.64 bits per heavy atom. The van der Waals surface area contributed by atoms with Crippen molar-refractivity contribution in [3.05, 3.63) is 0 Å². The lowest BCUT2D eigenvalue weighted by molar-refractivity contribution is 0.537. The number of nitrogens with one attached hydrogen (secondary N) is 1. The predicted octanol–water partition coefficient (Wildman–Crippen LogP) is 1.72. The zero-order valence-electron chi connectivity index (χ0n) is 7.26. The van der Waals surface area contributed by atoms with E-state index in [1.54, 1.807) is 0 Å². The van der Waals surface area contributed by atoms with Crippen LogP contribution in [0.2, 0.25) is 0 Å². The van der Waals surface area contributed by atoms with E-state index in [0.717, 1.165) is 18.2 Å². The summed E-state index contributed by atoms with van der Waals surface area (Å²) < 4.78 is 0. The molecule has 0 aromatic rings. The number of nitrogens with zero attached hydrogens (tertiary/aromatic N) is 1. The van der Waals surface area contributed by atoms with Crippen LogP contribution in [0.25, 0.3) is 0 Å². The Morgan fingerprint density at radius 2 is 2.45 bits per heavy atom. The first kappa shape index (κ1) is 8.91. The number of rotatable bonds is 3. The van der Waals surface area contributed by atoms with Crippen LogP contribution >= 0.6 is 11.8 Å². The summed E-state index contributed by atoms with van der Waals surface area (Å²) in [6, 6.07) is 0. The van der Waals surface area contributed by atoms with E-state index in [9.17, 15) is 0 Å². The maximum atomic E-state index is 4.15. The quantitative estimate of drug-likeness (QED) is 0.518. The van der Waals surface area contributed by atoms with Crippen molar-refractivity contribution in [3.8, 4) is 0 Å². The van der Waals surface area contributed by atoms with E-state index in [1.165, 1.54) is 17.9 Å². The van der Waals surface area contributed by atoms with Crippen LogP contribution in [0, 0.1) is 5.92 Å². The van der Waals surface area contributed by atoms with E-state index >= 15 is 0 Å². The minimum absolute atomic E-state index is 0.850. The molecule has 1 heterocycles. The molecule has 1 aliphatic heterocycles. The molecule has 0 aliphatic carbocycles. The molecule has 1 fully saturated rings. The summed E-state index contributed by atoms with van der Waals surface area (Å²) in [5.41, 5.74) is 4.21. The van der Waals surface area contributed by atoms with Gasteiger partial charge in [-0.15, -0.1) is 0 Å². The van der Waals surface area contributed by atoms with Crippen LogP contribution in [0.15, 0.2) is 5.10 Å². The Kier molecular flexibility index (Phi) is 3.77. The summed E-state index contributed by atoms with van der Waals surface area (Å²) in [6.45, 7) is 5.07. The third kappa shape index (κ3) is 3.65. The van der Waals surface area contributed by atoms with E-state index in [-0.39, 0.29) is 0 Å². The van der Waals surface area contributed by atoms with Crippen molar-refractivity contribution in [3.63, 3.8) is 0 Å². The topological polar surface area (TPSA) is 24.4 Å². The first-order valence-corrected chi connectivity index (χ1v) is 5.26. The second-order valence-electron chi connectivity index (χ2n) is 3.15. The van der Waals surface area contributed by atoms with Gasteiger partial charge in [0.1, 0.15) is 0 Å². The summed E-state index contributed by atoms with van der Waals surface area (Å²) in [5.74, 6) is 3.50. The Bertz CT molecular complexity index is 135. The molecule has 1 N–H and O–H groups in total. The predicted molar refractivity (Wildman–Crippen MR) is 52.2 cm³/mol. The molecule has 3 heteroatoms. The van der Waals surface area contributed by atoms with Crippen molar-refractivity contribution in [1.82, 2.24) is 5.43 Å². The van der Waals surface area contributed by atoms with Crippen molar-refractivity contribution in [2.75, 3.05) is 18.1 Å². The third-order valence-electron chi connectivity index (χ3n) is 1.71. The lowest BCUT2D eigenvalue weighted by Crippen LogP contribution is -2.18. The van der Waals surface area contributed by atoms with Gasteiger partial charge in [-0.25, -0.2) is 0 Å². The van der Waals surface area contributed by atoms with Crippen molar-refractivity contribution in [1.29, 1.82) is 0 Å². The maximum absolute atomic E-state index is 4.15. The highest BCUT2D eigenvalue weighted by atomic mass is 32.2. The van der Waals surface area contributed by atoms with Gasteiger partial charge in [0.15, 0.2) is 0 Å². The second kappa shape index (κ2) is 4.65. The Morgan fingerprint density at radius 3 is 3.00 bits per heavy atom. The molecule has 0 aromatic carbocycles. The molecule has 11 heavy (non-hydrogen) atoms. The van der Waals surface area contributed by atoms with Crippen molar-refractivity contribution in [2.24, 2.45) is 11.0 Å². The van der Waals surface area contributed by atoms with Gasteiger partial charge in [-0.1, -0.05) is 0 Å². The SMILES string of the molecule is CC(C)=NNCC1CCSC1. The van der Waals surface area contributed by atoms with E-state index in [0.29, 0.717) is 0 Å². The Hall–Kier alpha value is -0.180. The standard InChI is InChI=1S/C8H16N2S/c1-7(2)10-9-5-8-3-4-11-6-8/h8-9H,3-6H2,1-2H3. The molecule has 0 spiro atoms. The normalized spacial score (nSPS) is 23.3. The van der Waals surface area contributed by atoms with Crippen LogP contribution in [-0.2, 0) is 0 Å². The molecule has 0 bridgehead atoms. The summed E-state index contributed by atoms with van der Waals surface area (Å²) in [6.07, 6.45) is 1.36. The van der Waals surface area contributed by atoms with E-state index in [1.807, 2.05) is 13.8 Å². The molecule has 0 amide bonds. The van der Waals surface area contributed by atoms with Crippen LogP contribution in [0.4, 0.5) is 0 Å². The highest BCUT2D eigenvalue weighted by Crippen LogP contribution is 2.22. The molecule has 1 unspecified atom stereocenters. The number of hydrogen-bond donors (Lipinski definition) is 1. The largest absolute Gasteiger partial charge is 0.310 e. The third-order valence-corrected chi connectivity index (χ3v) is 2.94. The van der Waals surface area contributed by atoms with E-state index in [2.05, 4.69) is 22.3 Å². The highest BCUT2D eigenvalue weighted by Gasteiger charge is 2.14. The first-order valence-electron chi connectivity index (χ1n) is 4.10. The van der Waals surface area contributed by atoms with Gasteiger partial charge in [0.2, 0.25) is 0 Å². The molecule has 1 saturated heterocycles. The van der Waals surface area contributed by atoms with Crippen molar-refractivity contribution >= 4 is 17.5 Å². The fourth-order valence-electron chi connectivity index (χ4n) is 1.08. The molecule has 1 atom stereocenters. The van der Waals surface area contributed by atoms with Gasteiger partial charge >= 0.3 is 0 Å². The number of hydrazone groups is 1. The average molecular weight is 172 g/mol. The Balaban J connectivity index is 2.07. The monoisotopic (exact) mass is 172 g/mol. The molecular formula is C8H16N2S. The van der Waals surface area contributed by atoms with Gasteiger partial charge in [-0.2, -0.15) is 16.9 Å². The van der Waals surface area contributed by atoms with Crippen molar-refractivity contribution in [2.45, 2.75) is 20.3 Å². The molecule has 1 rings (SSSR count). The number of hydrogen-bond acceptors (Lipinski definition) is 3. The van der Waals surface area contributed by atoms with Crippen molar-refractivity contribution < 1.29 is 0 Å². The highest BCUT2D eigenvalue weighted by molar-refractivity contribution is 7.99. The number of thioether (sulfide) groups is 1. The van der Waals surface area contributed by atoms with Gasteiger partial charge in [-0.05, 0) is 37.7 Å². The van der Waals surface area contributed by atoms with Gasteiger partial charge in [0.05, 0.1) is 0 Å². The van der Waals surface area contributed by atoms with Crippen LogP contribution < -0.4 is 5.43 Å². The molecular weight excluding hydrogens is 156 g/mol. The van der Waals surface area contributed by atoms with E-state index < -0.39 is 0 Å². The fourth-order valence-corrected chi connectivity index (χ4v) is 2.36. The van der Waals surface area contributed by atoms with Crippen LogP contribution in [0.3, 0.4) is 0 Å². The lowest BCUT2D eigenvalue weighted by atomic mass is 10.1. The van der Waals surface area contributed by atoms with Crippen LogP contribution in [-0.4, -0.2) is 23.8 Å². The second-order valence-corrected chi connectivity index (χ2v) is 4.30. The Labute approximate surface area is 72.8 Å².